The fourth-order valence-corrected chi connectivity index (χ4v) is 2.17. The van der Waals surface area contributed by atoms with Crippen LogP contribution in [0.25, 0.3) is 0 Å². The third-order valence-electron chi connectivity index (χ3n) is 3.10. The number of ether oxygens (including phenoxy) is 1. The summed E-state index contributed by atoms with van der Waals surface area (Å²) in [6.45, 7) is 9.05. The second-order valence-electron chi connectivity index (χ2n) is 4.25. The van der Waals surface area contributed by atoms with Crippen molar-refractivity contribution in [3.63, 3.8) is 0 Å². The molecule has 0 aromatic rings. The van der Waals surface area contributed by atoms with Gasteiger partial charge in [0, 0.05) is 25.7 Å². The van der Waals surface area contributed by atoms with Gasteiger partial charge >= 0.3 is 0 Å². The van der Waals surface area contributed by atoms with Crippen molar-refractivity contribution in [1.29, 1.82) is 0 Å². The van der Waals surface area contributed by atoms with Crippen LogP contribution in [0.15, 0.2) is 0 Å². The van der Waals surface area contributed by atoms with Crippen LogP contribution in [0, 0.1) is 5.92 Å². The third kappa shape index (κ3) is 3.56. The van der Waals surface area contributed by atoms with E-state index in [9.17, 15) is 0 Å². The van der Waals surface area contributed by atoms with Crippen LogP contribution in [0.2, 0.25) is 0 Å². The fourth-order valence-electron chi connectivity index (χ4n) is 2.17. The Kier molecular flexibility index (Phi) is 5.45. The number of hydrogen-bond donors (Lipinski definition) is 1. The maximum Gasteiger partial charge on any atom is 0.0593 e. The smallest absolute Gasteiger partial charge is 0.0593 e. The molecule has 2 atom stereocenters. The Bertz CT molecular complexity index is 152. The molecule has 0 amide bonds. The van der Waals surface area contributed by atoms with Gasteiger partial charge in [-0.2, -0.15) is 0 Å². The summed E-state index contributed by atoms with van der Waals surface area (Å²) in [7, 11) is 0. The van der Waals surface area contributed by atoms with E-state index in [1.54, 1.807) is 0 Å². The molecule has 2 unspecified atom stereocenters. The molecule has 14 heavy (non-hydrogen) atoms. The quantitative estimate of drug-likeness (QED) is 0.675. The zero-order valence-electron chi connectivity index (χ0n) is 9.54. The predicted molar refractivity (Wildman–Crippen MR) is 59.3 cm³/mol. The maximum atomic E-state index is 5.78. The fraction of sp³-hybridized carbons (Fsp3) is 1.00. The number of nitrogens with two attached hydrogens (primary N) is 1. The lowest BCUT2D eigenvalue weighted by Crippen LogP contribution is -2.47. The van der Waals surface area contributed by atoms with Crippen LogP contribution in [0.4, 0.5) is 0 Å². The predicted octanol–water partition coefficient (Wildman–Crippen LogP) is 1.08. The molecule has 0 aliphatic carbocycles. The molecule has 1 aliphatic rings. The van der Waals surface area contributed by atoms with E-state index in [-0.39, 0.29) is 0 Å². The van der Waals surface area contributed by atoms with Gasteiger partial charge in [-0.05, 0) is 32.2 Å². The zero-order chi connectivity index (χ0) is 10.4. The Morgan fingerprint density at radius 2 is 2.29 bits per heavy atom. The second-order valence-corrected chi connectivity index (χ2v) is 4.25. The van der Waals surface area contributed by atoms with Crippen molar-refractivity contribution in [3.05, 3.63) is 0 Å². The molecule has 0 radical (unpaired) electrons. The van der Waals surface area contributed by atoms with E-state index in [0.29, 0.717) is 6.04 Å². The summed E-state index contributed by atoms with van der Waals surface area (Å²) >= 11 is 0. The highest BCUT2D eigenvalue weighted by Crippen LogP contribution is 2.21. The van der Waals surface area contributed by atoms with Crippen LogP contribution in [0.1, 0.15) is 26.7 Å². The number of piperidine rings is 1. The van der Waals surface area contributed by atoms with Crippen molar-refractivity contribution in [2.75, 3.05) is 32.8 Å². The molecular weight excluding hydrogens is 176 g/mol. The molecule has 1 saturated heterocycles. The first kappa shape index (κ1) is 12.0. The molecule has 0 saturated carbocycles. The molecule has 1 heterocycles. The first-order chi connectivity index (χ1) is 6.77. The maximum absolute atomic E-state index is 5.78. The van der Waals surface area contributed by atoms with Crippen LogP contribution in [0.3, 0.4) is 0 Å². The van der Waals surface area contributed by atoms with Gasteiger partial charge in [0.05, 0.1) is 6.61 Å². The van der Waals surface area contributed by atoms with Crippen LogP contribution in [-0.2, 0) is 4.74 Å². The van der Waals surface area contributed by atoms with E-state index in [1.165, 1.54) is 19.4 Å². The minimum atomic E-state index is 0.583. The van der Waals surface area contributed by atoms with Gasteiger partial charge < -0.3 is 10.5 Å². The summed E-state index contributed by atoms with van der Waals surface area (Å²) in [4.78, 5) is 2.48. The van der Waals surface area contributed by atoms with Crippen molar-refractivity contribution in [3.8, 4) is 0 Å². The van der Waals surface area contributed by atoms with Crippen molar-refractivity contribution in [1.82, 2.24) is 4.90 Å². The molecule has 3 heteroatoms. The van der Waals surface area contributed by atoms with Crippen LogP contribution in [-0.4, -0.2) is 43.8 Å². The van der Waals surface area contributed by atoms with Gasteiger partial charge in [0.25, 0.3) is 0 Å². The molecule has 1 fully saturated rings. The van der Waals surface area contributed by atoms with Crippen LogP contribution >= 0.6 is 0 Å². The summed E-state index contributed by atoms with van der Waals surface area (Å²) in [6.07, 6.45) is 2.56. The van der Waals surface area contributed by atoms with Gasteiger partial charge in [0.1, 0.15) is 0 Å². The first-order valence-electron chi connectivity index (χ1n) is 5.79. The minimum Gasteiger partial charge on any atom is -0.380 e. The van der Waals surface area contributed by atoms with Crippen molar-refractivity contribution in [2.24, 2.45) is 11.7 Å². The van der Waals surface area contributed by atoms with E-state index in [1.807, 2.05) is 6.92 Å². The Balaban J connectivity index is 2.27. The van der Waals surface area contributed by atoms with E-state index in [0.717, 1.165) is 32.2 Å². The molecule has 84 valence electrons. The average molecular weight is 200 g/mol. The number of nitrogens with zero attached hydrogens (tertiary/aromatic N) is 1. The summed E-state index contributed by atoms with van der Waals surface area (Å²) in [5.74, 6) is 0.840. The van der Waals surface area contributed by atoms with Gasteiger partial charge in [-0.15, -0.1) is 0 Å². The van der Waals surface area contributed by atoms with Gasteiger partial charge in [-0.1, -0.05) is 6.92 Å². The van der Waals surface area contributed by atoms with Crippen molar-refractivity contribution < 1.29 is 4.74 Å². The Hall–Kier alpha value is -0.120. The molecule has 3 nitrogen and oxygen atoms in total. The van der Waals surface area contributed by atoms with Crippen molar-refractivity contribution in [2.45, 2.75) is 32.7 Å². The van der Waals surface area contributed by atoms with Gasteiger partial charge in [-0.3, -0.25) is 4.90 Å². The lowest BCUT2D eigenvalue weighted by molar-refractivity contribution is 0.0675. The highest BCUT2D eigenvalue weighted by molar-refractivity contribution is 4.80. The lowest BCUT2D eigenvalue weighted by Gasteiger charge is -2.37. The summed E-state index contributed by atoms with van der Waals surface area (Å²) in [6, 6.07) is 0.583. The first-order valence-corrected chi connectivity index (χ1v) is 5.79. The number of rotatable bonds is 5. The summed E-state index contributed by atoms with van der Waals surface area (Å²) in [5, 5.41) is 0. The molecule has 2 N–H and O–H groups in total. The standard InChI is InChI=1S/C11H24N2O/c1-3-14-7-6-13-5-4-10(2)8-11(13)9-12/h10-11H,3-9,12H2,1-2H3. The van der Waals surface area contributed by atoms with E-state index < -0.39 is 0 Å². The van der Waals surface area contributed by atoms with E-state index in [2.05, 4.69) is 11.8 Å². The average Bonchev–Trinajstić information content (AvgIpc) is 2.20. The topological polar surface area (TPSA) is 38.5 Å². The van der Waals surface area contributed by atoms with Gasteiger partial charge in [-0.25, -0.2) is 0 Å². The number of likely N-dealkylation sites (tertiary alicyclic amines) is 1. The van der Waals surface area contributed by atoms with Gasteiger partial charge in [0.2, 0.25) is 0 Å². The molecule has 1 rings (SSSR count). The Labute approximate surface area is 87.6 Å². The SMILES string of the molecule is CCOCCN1CCC(C)CC1CN. The monoisotopic (exact) mass is 200 g/mol. The highest BCUT2D eigenvalue weighted by atomic mass is 16.5. The molecule has 0 bridgehead atoms. The van der Waals surface area contributed by atoms with E-state index >= 15 is 0 Å². The van der Waals surface area contributed by atoms with Crippen molar-refractivity contribution >= 4 is 0 Å². The molecular formula is C11H24N2O. The second kappa shape index (κ2) is 6.38. The summed E-state index contributed by atoms with van der Waals surface area (Å²) < 4.78 is 5.37. The molecule has 1 aliphatic heterocycles. The summed E-state index contributed by atoms with van der Waals surface area (Å²) in [5.41, 5.74) is 5.78. The Morgan fingerprint density at radius 1 is 1.50 bits per heavy atom. The highest BCUT2D eigenvalue weighted by Gasteiger charge is 2.24. The van der Waals surface area contributed by atoms with Crippen LogP contribution < -0.4 is 5.73 Å². The normalized spacial score (nSPS) is 29.4. The van der Waals surface area contributed by atoms with E-state index in [4.69, 9.17) is 10.5 Å². The molecule has 0 aromatic carbocycles. The molecule has 0 spiro atoms. The zero-order valence-corrected chi connectivity index (χ0v) is 9.54. The minimum absolute atomic E-state index is 0.583. The third-order valence-corrected chi connectivity index (χ3v) is 3.10. The largest absolute Gasteiger partial charge is 0.380 e. The van der Waals surface area contributed by atoms with Crippen LogP contribution in [0.5, 0.6) is 0 Å². The Morgan fingerprint density at radius 3 is 2.93 bits per heavy atom. The molecule has 0 aromatic heterocycles. The van der Waals surface area contributed by atoms with Gasteiger partial charge in [0.15, 0.2) is 0 Å². The lowest BCUT2D eigenvalue weighted by atomic mass is 9.92. The number of hydrogen-bond acceptors (Lipinski definition) is 3.